The summed E-state index contributed by atoms with van der Waals surface area (Å²) < 4.78 is 1.71. The van der Waals surface area contributed by atoms with Gasteiger partial charge in [-0.05, 0) is 32.4 Å². The number of aromatic nitrogens is 3. The number of carbonyl (C=O) groups is 1. The fourth-order valence-electron chi connectivity index (χ4n) is 3.54. The van der Waals surface area contributed by atoms with Crippen LogP contribution < -0.4 is 5.56 Å². The van der Waals surface area contributed by atoms with Crippen molar-refractivity contribution in [3.63, 3.8) is 0 Å². The highest BCUT2D eigenvalue weighted by molar-refractivity contribution is 7.07. The second-order valence-corrected chi connectivity index (χ2v) is 7.31. The smallest absolute Gasteiger partial charge is 0.273 e. The van der Waals surface area contributed by atoms with E-state index in [4.69, 9.17) is 4.98 Å². The number of thiazole rings is 1. The van der Waals surface area contributed by atoms with Gasteiger partial charge in [-0.25, -0.2) is 9.97 Å². The first kappa shape index (κ1) is 16.4. The minimum atomic E-state index is -0.0890. The fraction of sp³-hybridized carbons (Fsp3) is 0.529. The van der Waals surface area contributed by atoms with E-state index in [0.717, 1.165) is 25.2 Å². The summed E-state index contributed by atoms with van der Waals surface area (Å²) in [5.41, 5.74) is 2.92. The summed E-state index contributed by atoms with van der Waals surface area (Å²) in [6, 6.07) is 1.65. The molecule has 4 heterocycles. The first-order chi connectivity index (χ1) is 12.2. The molecule has 2 aromatic heterocycles. The van der Waals surface area contributed by atoms with Crippen LogP contribution in [0.1, 0.15) is 41.3 Å². The Bertz CT molecular complexity index is 811. The van der Waals surface area contributed by atoms with E-state index in [2.05, 4.69) is 9.88 Å². The van der Waals surface area contributed by atoms with Crippen LogP contribution in [0.2, 0.25) is 0 Å². The van der Waals surface area contributed by atoms with Crippen LogP contribution in [0.4, 0.5) is 0 Å². The molecule has 7 nitrogen and oxygen atoms in total. The minimum absolute atomic E-state index is 0.0119. The van der Waals surface area contributed by atoms with Gasteiger partial charge in [-0.15, -0.1) is 11.3 Å². The van der Waals surface area contributed by atoms with Crippen molar-refractivity contribution < 1.29 is 4.79 Å². The van der Waals surface area contributed by atoms with Crippen LogP contribution in [0, 0.1) is 0 Å². The average Bonchev–Trinajstić information content (AvgIpc) is 3.25. The van der Waals surface area contributed by atoms with Crippen molar-refractivity contribution >= 4 is 17.2 Å². The lowest BCUT2D eigenvalue weighted by Gasteiger charge is -2.20. The topological polar surface area (TPSA) is 71.3 Å². The SMILES string of the molecule is O=C(c1cscn1)N1CCCn2c(nc(CN3CCCC3)cc2=O)C1. The van der Waals surface area contributed by atoms with Crippen molar-refractivity contribution in [2.24, 2.45) is 0 Å². The molecule has 0 unspecified atom stereocenters. The van der Waals surface area contributed by atoms with Crippen LogP contribution in [0.15, 0.2) is 21.8 Å². The number of hydrogen-bond donors (Lipinski definition) is 0. The zero-order valence-electron chi connectivity index (χ0n) is 14.1. The number of amides is 1. The normalized spacial score (nSPS) is 18.2. The van der Waals surface area contributed by atoms with Crippen molar-refractivity contribution in [3.05, 3.63) is 44.5 Å². The molecule has 2 aliphatic rings. The standard InChI is InChI=1S/C17H21N5O2S/c23-16-8-13(9-20-4-1-2-5-20)19-15-10-21(6-3-7-22(15)16)17(24)14-11-25-12-18-14/h8,11-12H,1-7,9-10H2. The monoisotopic (exact) mass is 359 g/mol. The lowest BCUT2D eigenvalue weighted by atomic mass is 10.3. The van der Waals surface area contributed by atoms with Gasteiger partial charge < -0.3 is 4.90 Å². The van der Waals surface area contributed by atoms with E-state index in [0.29, 0.717) is 37.7 Å². The molecule has 4 rings (SSSR count). The lowest BCUT2D eigenvalue weighted by molar-refractivity contribution is 0.0738. The molecule has 0 saturated carbocycles. The summed E-state index contributed by atoms with van der Waals surface area (Å²) in [6.45, 7) is 4.41. The average molecular weight is 359 g/mol. The molecule has 0 atom stereocenters. The van der Waals surface area contributed by atoms with E-state index < -0.39 is 0 Å². The van der Waals surface area contributed by atoms with Crippen LogP contribution in [-0.4, -0.2) is 49.9 Å². The number of carbonyl (C=O) groups excluding carboxylic acids is 1. The Kier molecular flexibility index (Phi) is 4.63. The number of nitrogens with zero attached hydrogens (tertiary/aromatic N) is 5. The molecular weight excluding hydrogens is 338 g/mol. The third kappa shape index (κ3) is 3.50. The number of rotatable bonds is 3. The second-order valence-electron chi connectivity index (χ2n) is 6.59. The van der Waals surface area contributed by atoms with E-state index >= 15 is 0 Å². The molecule has 0 aliphatic carbocycles. The summed E-state index contributed by atoms with van der Waals surface area (Å²) in [4.78, 5) is 38.0. The zero-order valence-corrected chi connectivity index (χ0v) is 14.9. The predicted octanol–water partition coefficient (Wildman–Crippen LogP) is 1.34. The highest BCUT2D eigenvalue weighted by Gasteiger charge is 2.23. The van der Waals surface area contributed by atoms with Crippen LogP contribution in [0.5, 0.6) is 0 Å². The molecule has 132 valence electrons. The predicted molar refractivity (Wildman–Crippen MR) is 94.5 cm³/mol. The summed E-state index contributed by atoms with van der Waals surface area (Å²) in [6.07, 6.45) is 3.16. The molecule has 0 bridgehead atoms. The van der Waals surface area contributed by atoms with Gasteiger partial charge in [-0.3, -0.25) is 19.1 Å². The molecule has 2 aromatic rings. The lowest BCUT2D eigenvalue weighted by Crippen LogP contribution is -2.32. The molecule has 25 heavy (non-hydrogen) atoms. The van der Waals surface area contributed by atoms with Crippen molar-refractivity contribution in [2.75, 3.05) is 19.6 Å². The molecule has 0 radical (unpaired) electrons. The van der Waals surface area contributed by atoms with Gasteiger partial charge in [0.15, 0.2) is 0 Å². The first-order valence-electron chi connectivity index (χ1n) is 8.70. The van der Waals surface area contributed by atoms with Gasteiger partial charge in [-0.2, -0.15) is 0 Å². The largest absolute Gasteiger partial charge is 0.330 e. The van der Waals surface area contributed by atoms with Gasteiger partial charge in [-0.1, -0.05) is 0 Å². The zero-order chi connectivity index (χ0) is 17.2. The van der Waals surface area contributed by atoms with Gasteiger partial charge in [0.1, 0.15) is 11.5 Å². The molecule has 0 aromatic carbocycles. The summed E-state index contributed by atoms with van der Waals surface area (Å²) in [5.74, 6) is 0.594. The molecule has 1 amide bonds. The minimum Gasteiger partial charge on any atom is -0.330 e. The van der Waals surface area contributed by atoms with Crippen molar-refractivity contribution in [1.29, 1.82) is 0 Å². The van der Waals surface area contributed by atoms with E-state index in [1.807, 2.05) is 0 Å². The van der Waals surface area contributed by atoms with E-state index in [1.54, 1.807) is 26.4 Å². The van der Waals surface area contributed by atoms with Crippen molar-refractivity contribution in [1.82, 2.24) is 24.3 Å². The third-order valence-electron chi connectivity index (χ3n) is 4.81. The molecule has 1 saturated heterocycles. The Morgan fingerprint density at radius 1 is 1.16 bits per heavy atom. The summed E-state index contributed by atoms with van der Waals surface area (Å²) in [5, 5.41) is 1.76. The summed E-state index contributed by atoms with van der Waals surface area (Å²) >= 11 is 1.41. The van der Waals surface area contributed by atoms with Gasteiger partial charge in [0.25, 0.3) is 11.5 Å². The molecule has 0 N–H and O–H groups in total. The Labute approximate surface area is 149 Å². The molecular formula is C17H21N5O2S. The Balaban J connectivity index is 1.59. The van der Waals surface area contributed by atoms with Crippen LogP contribution >= 0.6 is 11.3 Å². The molecule has 2 aliphatic heterocycles. The number of likely N-dealkylation sites (tertiary alicyclic amines) is 1. The van der Waals surface area contributed by atoms with E-state index in [1.165, 1.54) is 24.2 Å². The maximum absolute atomic E-state index is 12.6. The second kappa shape index (κ2) is 7.05. The van der Waals surface area contributed by atoms with Gasteiger partial charge in [0, 0.05) is 31.1 Å². The molecule has 8 heteroatoms. The van der Waals surface area contributed by atoms with Crippen LogP contribution in [0.3, 0.4) is 0 Å². The first-order valence-corrected chi connectivity index (χ1v) is 9.64. The summed E-state index contributed by atoms with van der Waals surface area (Å²) in [7, 11) is 0. The number of fused-ring (bicyclic) bond motifs is 1. The molecule has 1 fully saturated rings. The highest BCUT2D eigenvalue weighted by atomic mass is 32.1. The molecule has 0 spiro atoms. The Morgan fingerprint density at radius 3 is 2.76 bits per heavy atom. The van der Waals surface area contributed by atoms with E-state index in [-0.39, 0.29) is 11.5 Å². The maximum atomic E-state index is 12.6. The maximum Gasteiger partial charge on any atom is 0.273 e. The van der Waals surface area contributed by atoms with Gasteiger partial charge in [0.2, 0.25) is 0 Å². The fourth-order valence-corrected chi connectivity index (χ4v) is 4.07. The number of hydrogen-bond acceptors (Lipinski definition) is 6. The van der Waals surface area contributed by atoms with Crippen molar-refractivity contribution in [2.45, 2.75) is 38.9 Å². The quantitative estimate of drug-likeness (QED) is 0.827. The highest BCUT2D eigenvalue weighted by Crippen LogP contribution is 2.15. The van der Waals surface area contributed by atoms with Crippen LogP contribution in [0.25, 0.3) is 0 Å². The van der Waals surface area contributed by atoms with Gasteiger partial charge in [0.05, 0.1) is 17.7 Å². The Hall–Kier alpha value is -2.06. The Morgan fingerprint density at radius 2 is 2.00 bits per heavy atom. The van der Waals surface area contributed by atoms with E-state index in [9.17, 15) is 9.59 Å². The van der Waals surface area contributed by atoms with Gasteiger partial charge >= 0.3 is 0 Å². The third-order valence-corrected chi connectivity index (χ3v) is 5.39. The van der Waals surface area contributed by atoms with Crippen LogP contribution in [-0.2, 0) is 19.6 Å². The van der Waals surface area contributed by atoms with Crippen molar-refractivity contribution in [3.8, 4) is 0 Å².